The normalized spacial score (nSPS) is 11.4. The quantitative estimate of drug-likeness (QED) is 0.429. The molecule has 0 amide bonds. The number of esters is 1. The second-order valence-corrected chi connectivity index (χ2v) is 5.34. The van der Waals surface area contributed by atoms with Crippen LogP contribution in [0.25, 0.3) is 0 Å². The van der Waals surface area contributed by atoms with Gasteiger partial charge in [0.15, 0.2) is 0 Å². The molecule has 0 heterocycles. The van der Waals surface area contributed by atoms with Gasteiger partial charge in [-0.2, -0.15) is 0 Å². The molecule has 1 aromatic rings. The summed E-state index contributed by atoms with van der Waals surface area (Å²) in [6.07, 6.45) is 0.674. The summed E-state index contributed by atoms with van der Waals surface area (Å²) in [6, 6.07) is 7.27. The third-order valence-corrected chi connectivity index (χ3v) is 3.24. The third kappa shape index (κ3) is 5.73. The molecule has 0 aliphatic rings. The van der Waals surface area contributed by atoms with Crippen molar-refractivity contribution in [2.45, 2.75) is 25.7 Å². The number of anilines is 1. The van der Waals surface area contributed by atoms with Crippen molar-refractivity contribution >= 4 is 11.7 Å². The Morgan fingerprint density at radius 3 is 2.38 bits per heavy atom. The molecule has 5 heteroatoms. The molecule has 21 heavy (non-hydrogen) atoms. The lowest BCUT2D eigenvalue weighted by Gasteiger charge is -2.23. The van der Waals surface area contributed by atoms with Crippen molar-refractivity contribution in [3.63, 3.8) is 0 Å². The van der Waals surface area contributed by atoms with Crippen molar-refractivity contribution < 1.29 is 19.0 Å². The Morgan fingerprint density at radius 1 is 1.10 bits per heavy atom. The highest BCUT2D eigenvalue weighted by Crippen LogP contribution is 2.25. The fourth-order valence-corrected chi connectivity index (χ4v) is 1.77. The number of hydrogen-bond donors (Lipinski definition) is 1. The Kier molecular flexibility index (Phi) is 7.19. The second kappa shape index (κ2) is 8.64. The summed E-state index contributed by atoms with van der Waals surface area (Å²) in [5, 5.41) is 0. The minimum absolute atomic E-state index is 0.246. The Bertz CT molecular complexity index is 428. The van der Waals surface area contributed by atoms with Gasteiger partial charge in [-0.05, 0) is 31.5 Å². The van der Waals surface area contributed by atoms with Crippen molar-refractivity contribution in [2.75, 3.05) is 39.3 Å². The second-order valence-electron chi connectivity index (χ2n) is 5.34. The van der Waals surface area contributed by atoms with Crippen LogP contribution in [0, 0.1) is 0 Å². The van der Waals surface area contributed by atoms with Crippen molar-refractivity contribution in [1.29, 1.82) is 0 Å². The molecule has 2 N–H and O–H groups in total. The van der Waals surface area contributed by atoms with Gasteiger partial charge in [0.2, 0.25) is 0 Å². The number of ether oxygens (including phenoxy) is 3. The third-order valence-electron chi connectivity index (χ3n) is 3.24. The minimum Gasteiger partial charge on any atom is -0.465 e. The Labute approximate surface area is 126 Å². The van der Waals surface area contributed by atoms with Crippen LogP contribution in [0.5, 0.6) is 0 Å². The number of nitrogens with two attached hydrogens (primary N) is 1. The SMILES string of the molecule is COCCOCCCOC(=O)C(C)(C)c1ccc(N)cc1. The summed E-state index contributed by atoms with van der Waals surface area (Å²) >= 11 is 0. The lowest BCUT2D eigenvalue weighted by atomic mass is 9.85. The van der Waals surface area contributed by atoms with Crippen LogP contribution in [-0.2, 0) is 24.4 Å². The van der Waals surface area contributed by atoms with Gasteiger partial charge in [0.1, 0.15) is 0 Å². The summed E-state index contributed by atoms with van der Waals surface area (Å²) in [6.45, 7) is 5.72. The zero-order valence-electron chi connectivity index (χ0n) is 13.1. The molecule has 0 saturated heterocycles. The molecule has 5 nitrogen and oxygen atoms in total. The van der Waals surface area contributed by atoms with Gasteiger partial charge >= 0.3 is 5.97 Å². The van der Waals surface area contributed by atoms with Gasteiger partial charge in [-0.25, -0.2) is 0 Å². The van der Waals surface area contributed by atoms with Crippen LogP contribution in [0.1, 0.15) is 25.8 Å². The summed E-state index contributed by atoms with van der Waals surface area (Å²) in [5.74, 6) is -0.246. The zero-order valence-corrected chi connectivity index (χ0v) is 13.1. The molecule has 0 aliphatic heterocycles. The molecule has 0 atom stereocenters. The lowest BCUT2D eigenvalue weighted by molar-refractivity contribution is -0.149. The van der Waals surface area contributed by atoms with E-state index in [4.69, 9.17) is 19.9 Å². The zero-order chi connectivity index (χ0) is 15.7. The maximum Gasteiger partial charge on any atom is 0.315 e. The molecular weight excluding hydrogens is 270 g/mol. The molecule has 0 aromatic heterocycles. The van der Waals surface area contributed by atoms with Crippen LogP contribution in [-0.4, -0.2) is 39.5 Å². The number of carbonyl (C=O) groups is 1. The summed E-state index contributed by atoms with van der Waals surface area (Å²) in [7, 11) is 1.63. The first-order valence-corrected chi connectivity index (χ1v) is 7.08. The van der Waals surface area contributed by atoms with Crippen molar-refractivity contribution in [3.05, 3.63) is 29.8 Å². The largest absolute Gasteiger partial charge is 0.465 e. The average Bonchev–Trinajstić information content (AvgIpc) is 2.46. The molecule has 0 fully saturated rings. The molecule has 0 radical (unpaired) electrons. The summed E-state index contributed by atoms with van der Waals surface area (Å²) < 4.78 is 15.5. The van der Waals surface area contributed by atoms with E-state index in [-0.39, 0.29) is 5.97 Å². The average molecular weight is 295 g/mol. The van der Waals surface area contributed by atoms with E-state index in [9.17, 15) is 4.79 Å². The first-order valence-electron chi connectivity index (χ1n) is 7.08. The van der Waals surface area contributed by atoms with Crippen LogP contribution in [0.2, 0.25) is 0 Å². The molecule has 0 aliphatic carbocycles. The van der Waals surface area contributed by atoms with Gasteiger partial charge in [-0.3, -0.25) is 4.79 Å². The topological polar surface area (TPSA) is 70.8 Å². The Morgan fingerprint density at radius 2 is 1.76 bits per heavy atom. The number of nitrogen functional groups attached to an aromatic ring is 1. The molecule has 118 valence electrons. The van der Waals surface area contributed by atoms with Crippen LogP contribution < -0.4 is 5.73 Å². The van der Waals surface area contributed by atoms with Gasteiger partial charge in [0.25, 0.3) is 0 Å². The van der Waals surface area contributed by atoms with E-state index in [1.54, 1.807) is 19.2 Å². The Hall–Kier alpha value is -1.59. The van der Waals surface area contributed by atoms with Gasteiger partial charge in [0, 0.05) is 25.8 Å². The highest BCUT2D eigenvalue weighted by atomic mass is 16.5. The fourth-order valence-electron chi connectivity index (χ4n) is 1.77. The predicted octanol–water partition coefficient (Wildman–Crippen LogP) is 2.14. The minimum atomic E-state index is -0.690. The molecule has 1 rings (SSSR count). The van der Waals surface area contributed by atoms with E-state index < -0.39 is 5.41 Å². The monoisotopic (exact) mass is 295 g/mol. The maximum atomic E-state index is 12.2. The van der Waals surface area contributed by atoms with Crippen LogP contribution in [0.4, 0.5) is 5.69 Å². The molecule has 0 saturated carbocycles. The number of hydrogen-bond acceptors (Lipinski definition) is 5. The number of methoxy groups -OCH3 is 1. The van der Waals surface area contributed by atoms with Crippen LogP contribution >= 0.6 is 0 Å². The van der Waals surface area contributed by atoms with E-state index in [1.165, 1.54) is 0 Å². The van der Waals surface area contributed by atoms with Crippen molar-refractivity contribution in [1.82, 2.24) is 0 Å². The van der Waals surface area contributed by atoms with Gasteiger partial charge in [0.05, 0.1) is 25.2 Å². The van der Waals surface area contributed by atoms with E-state index in [1.807, 2.05) is 26.0 Å². The van der Waals surface area contributed by atoms with Crippen molar-refractivity contribution in [3.8, 4) is 0 Å². The lowest BCUT2D eigenvalue weighted by Crippen LogP contribution is -2.31. The summed E-state index contributed by atoms with van der Waals surface area (Å²) in [5.41, 5.74) is 6.53. The summed E-state index contributed by atoms with van der Waals surface area (Å²) in [4.78, 5) is 12.2. The molecule has 0 spiro atoms. The van der Waals surface area contributed by atoms with E-state index in [0.717, 1.165) is 5.56 Å². The highest BCUT2D eigenvalue weighted by Gasteiger charge is 2.31. The molecule has 0 unspecified atom stereocenters. The fraction of sp³-hybridized carbons (Fsp3) is 0.562. The van der Waals surface area contributed by atoms with Crippen molar-refractivity contribution in [2.24, 2.45) is 0 Å². The smallest absolute Gasteiger partial charge is 0.315 e. The van der Waals surface area contributed by atoms with Gasteiger partial charge in [-0.15, -0.1) is 0 Å². The van der Waals surface area contributed by atoms with E-state index in [0.29, 0.717) is 38.5 Å². The maximum absolute atomic E-state index is 12.2. The highest BCUT2D eigenvalue weighted by molar-refractivity contribution is 5.82. The molecule has 0 bridgehead atoms. The van der Waals surface area contributed by atoms with Gasteiger partial charge in [-0.1, -0.05) is 12.1 Å². The predicted molar refractivity (Wildman–Crippen MR) is 82.2 cm³/mol. The first kappa shape index (κ1) is 17.5. The first-order chi connectivity index (χ1) is 9.98. The number of benzene rings is 1. The van der Waals surface area contributed by atoms with Gasteiger partial charge < -0.3 is 19.9 Å². The molecule has 1 aromatic carbocycles. The van der Waals surface area contributed by atoms with Crippen LogP contribution in [0.3, 0.4) is 0 Å². The van der Waals surface area contributed by atoms with E-state index in [2.05, 4.69) is 0 Å². The standard InChI is InChI=1S/C16H25NO4/c1-16(2,13-5-7-14(17)8-6-13)15(18)21-10-4-9-20-12-11-19-3/h5-8H,4,9-12,17H2,1-3H3. The Balaban J connectivity index is 2.35. The molecular formula is C16H25NO4. The number of rotatable bonds is 9. The van der Waals surface area contributed by atoms with E-state index >= 15 is 0 Å². The number of carbonyl (C=O) groups excluding carboxylic acids is 1. The van der Waals surface area contributed by atoms with Crippen LogP contribution in [0.15, 0.2) is 24.3 Å².